The minimum Gasteiger partial charge on any atom is -0.376 e. The first kappa shape index (κ1) is 18.1. The minimum atomic E-state index is -5.62. The number of hydrogen-bond acceptors (Lipinski definition) is 3. The van der Waals surface area contributed by atoms with Gasteiger partial charge in [-0.15, -0.1) is 0 Å². The lowest BCUT2D eigenvalue weighted by atomic mass is 9.99. The first-order chi connectivity index (χ1) is 7.97. The van der Waals surface area contributed by atoms with Crippen molar-refractivity contribution in [2.75, 3.05) is 0 Å². The third-order valence-corrected chi connectivity index (χ3v) is 3.88. The summed E-state index contributed by atoms with van der Waals surface area (Å²) in [5.41, 5.74) is -2.77. The number of halogens is 3. The van der Waals surface area contributed by atoms with Crippen LogP contribution >= 0.6 is 13.5 Å². The van der Waals surface area contributed by atoms with Crippen LogP contribution in [0.5, 0.6) is 5.75 Å². The molecule has 0 amide bonds. The summed E-state index contributed by atoms with van der Waals surface area (Å²) in [6.45, 7) is 6.70. The van der Waals surface area contributed by atoms with Gasteiger partial charge in [-0.25, -0.2) is 0 Å². The molecule has 0 saturated carbocycles. The lowest BCUT2D eigenvalue weighted by Crippen LogP contribution is -2.28. The fraction of sp³-hybridized carbons (Fsp3) is 0.455. The molecule has 0 atom stereocenters. The van der Waals surface area contributed by atoms with Crippen LogP contribution in [0.2, 0.25) is 0 Å². The maximum atomic E-state index is 12.2. The summed E-state index contributed by atoms with van der Waals surface area (Å²) in [7, 11) is -5.62. The van der Waals surface area contributed by atoms with Crippen molar-refractivity contribution < 1.29 is 25.8 Å². The predicted octanol–water partition coefficient (Wildman–Crippen LogP) is 3.26. The van der Waals surface area contributed by atoms with E-state index in [2.05, 4.69) is 4.18 Å². The van der Waals surface area contributed by atoms with E-state index in [1.54, 1.807) is 20.8 Å². The number of benzene rings is 1. The van der Waals surface area contributed by atoms with Gasteiger partial charge in [0.15, 0.2) is 0 Å². The highest BCUT2D eigenvalue weighted by Crippen LogP contribution is 2.32. The van der Waals surface area contributed by atoms with Gasteiger partial charge in [0.2, 0.25) is 0 Å². The summed E-state index contributed by atoms with van der Waals surface area (Å²) < 4.78 is 62.7. The van der Waals surface area contributed by atoms with Crippen LogP contribution in [0, 0.1) is 27.7 Å². The van der Waals surface area contributed by atoms with Gasteiger partial charge >= 0.3 is 15.6 Å². The molecule has 0 unspecified atom stereocenters. The maximum Gasteiger partial charge on any atom is 0.534 e. The molecule has 0 N–H and O–H groups in total. The lowest BCUT2D eigenvalue weighted by molar-refractivity contribution is -0.0500. The quantitative estimate of drug-likeness (QED) is 0.621. The molecule has 1 rings (SSSR count). The van der Waals surface area contributed by atoms with Crippen LogP contribution in [-0.2, 0) is 10.1 Å². The van der Waals surface area contributed by atoms with Gasteiger partial charge in [-0.1, -0.05) is 0 Å². The van der Waals surface area contributed by atoms with Crippen molar-refractivity contribution in [1.29, 1.82) is 0 Å². The number of alkyl halides is 3. The Morgan fingerprint density at radius 1 is 1.00 bits per heavy atom. The Kier molecular flexibility index (Phi) is 5.36. The normalized spacial score (nSPS) is 11.9. The molecule has 110 valence electrons. The lowest BCUT2D eigenvalue weighted by Gasteiger charge is -2.15. The van der Waals surface area contributed by atoms with Crippen LogP contribution in [0.3, 0.4) is 0 Å². The monoisotopic (exact) mass is 316 g/mol. The van der Waals surface area contributed by atoms with Crippen molar-refractivity contribution in [3.63, 3.8) is 0 Å². The van der Waals surface area contributed by atoms with E-state index in [-0.39, 0.29) is 19.2 Å². The van der Waals surface area contributed by atoms with E-state index in [9.17, 15) is 21.6 Å². The van der Waals surface area contributed by atoms with Crippen LogP contribution in [0.1, 0.15) is 22.3 Å². The Morgan fingerprint density at radius 2 is 1.47 bits per heavy atom. The average Bonchev–Trinajstić information content (AvgIpc) is 2.21. The van der Waals surface area contributed by atoms with Crippen molar-refractivity contribution >= 4 is 23.6 Å². The van der Waals surface area contributed by atoms with E-state index in [1.807, 2.05) is 0 Å². The van der Waals surface area contributed by atoms with Gasteiger partial charge in [0.25, 0.3) is 0 Å². The molecule has 0 fully saturated rings. The third-order valence-electron chi connectivity index (χ3n) is 2.92. The molecule has 0 aliphatic heterocycles. The van der Waals surface area contributed by atoms with E-state index in [1.165, 1.54) is 13.0 Å². The Morgan fingerprint density at radius 3 is 1.89 bits per heavy atom. The Bertz CT molecular complexity index is 578. The molecule has 8 heteroatoms. The van der Waals surface area contributed by atoms with Crippen molar-refractivity contribution in [3.8, 4) is 5.75 Å². The first-order valence-electron chi connectivity index (χ1n) is 5.05. The molecule has 0 spiro atoms. The summed E-state index contributed by atoms with van der Waals surface area (Å²) in [5, 5.41) is 0. The van der Waals surface area contributed by atoms with E-state index >= 15 is 0 Å². The van der Waals surface area contributed by atoms with Gasteiger partial charge in [0.1, 0.15) is 5.75 Å². The summed E-state index contributed by atoms with van der Waals surface area (Å²) in [6, 6.07) is 1.29. The maximum absolute atomic E-state index is 12.2. The standard InChI is InChI=1S/C11H13F3O3S.H2S/c1-6-5-10(9(4)8(3)7(6)2)17-18(15,16)11(12,13)14;/h5H,1-4H3;1H2. The number of rotatable bonds is 2. The van der Waals surface area contributed by atoms with Gasteiger partial charge in [-0.3, -0.25) is 0 Å². The fourth-order valence-corrected chi connectivity index (χ4v) is 1.93. The van der Waals surface area contributed by atoms with E-state index in [0.29, 0.717) is 16.7 Å². The summed E-state index contributed by atoms with van der Waals surface area (Å²) in [5.74, 6) is -0.284. The number of hydrogen-bond donors (Lipinski definition) is 0. The van der Waals surface area contributed by atoms with Crippen LogP contribution in [0.15, 0.2) is 6.07 Å². The van der Waals surface area contributed by atoms with Gasteiger partial charge in [0.05, 0.1) is 0 Å². The molecular weight excluding hydrogens is 301 g/mol. The van der Waals surface area contributed by atoms with E-state index in [4.69, 9.17) is 0 Å². The zero-order valence-corrected chi connectivity index (χ0v) is 12.7. The molecule has 0 aromatic heterocycles. The minimum absolute atomic E-state index is 0. The van der Waals surface area contributed by atoms with Crippen LogP contribution < -0.4 is 4.18 Å². The van der Waals surface area contributed by atoms with Gasteiger partial charge in [-0.2, -0.15) is 35.1 Å². The van der Waals surface area contributed by atoms with Crippen LogP contribution in [0.25, 0.3) is 0 Å². The predicted molar refractivity (Wildman–Crippen MR) is 71.4 cm³/mol. The summed E-state index contributed by atoms with van der Waals surface area (Å²) in [6.07, 6.45) is 0. The first-order valence-corrected chi connectivity index (χ1v) is 6.46. The molecular formula is C11H15F3O3S2. The molecule has 1 aromatic rings. The third kappa shape index (κ3) is 3.56. The van der Waals surface area contributed by atoms with Crippen molar-refractivity contribution in [3.05, 3.63) is 28.3 Å². The highest BCUT2D eigenvalue weighted by Gasteiger charge is 2.48. The molecule has 0 saturated heterocycles. The molecule has 1 aromatic carbocycles. The van der Waals surface area contributed by atoms with Gasteiger partial charge < -0.3 is 4.18 Å². The van der Waals surface area contributed by atoms with Crippen molar-refractivity contribution in [2.45, 2.75) is 33.2 Å². The zero-order valence-electron chi connectivity index (χ0n) is 10.8. The molecule has 0 heterocycles. The second-order valence-corrected chi connectivity index (χ2v) is 5.59. The highest BCUT2D eigenvalue weighted by molar-refractivity contribution is 7.88. The summed E-state index contributed by atoms with van der Waals surface area (Å²) >= 11 is 0. The van der Waals surface area contributed by atoms with E-state index in [0.717, 1.165) is 5.56 Å². The van der Waals surface area contributed by atoms with E-state index < -0.39 is 15.6 Å². The molecule has 0 bridgehead atoms. The van der Waals surface area contributed by atoms with Crippen LogP contribution in [-0.4, -0.2) is 13.9 Å². The average molecular weight is 316 g/mol. The Labute approximate surface area is 117 Å². The topological polar surface area (TPSA) is 43.4 Å². The Balaban J connectivity index is 0.00000324. The second kappa shape index (κ2) is 5.62. The SMILES string of the molecule is Cc1cc(OS(=O)(=O)C(F)(F)F)c(C)c(C)c1C.S. The second-order valence-electron chi connectivity index (χ2n) is 4.05. The van der Waals surface area contributed by atoms with Crippen molar-refractivity contribution in [1.82, 2.24) is 0 Å². The zero-order chi connectivity index (χ0) is 14.3. The fourth-order valence-electron chi connectivity index (χ4n) is 1.43. The summed E-state index contributed by atoms with van der Waals surface area (Å²) in [4.78, 5) is 0. The molecule has 0 aliphatic carbocycles. The van der Waals surface area contributed by atoms with Gasteiger partial charge in [0, 0.05) is 0 Å². The largest absolute Gasteiger partial charge is 0.534 e. The molecule has 19 heavy (non-hydrogen) atoms. The highest BCUT2D eigenvalue weighted by atomic mass is 32.2. The molecule has 0 radical (unpaired) electrons. The Hall–Kier alpha value is -0.890. The number of aryl methyl sites for hydroxylation is 1. The van der Waals surface area contributed by atoms with Gasteiger partial charge in [-0.05, 0) is 56.0 Å². The smallest absolute Gasteiger partial charge is 0.376 e. The molecule has 0 aliphatic rings. The van der Waals surface area contributed by atoms with Crippen LogP contribution in [0.4, 0.5) is 13.2 Å². The van der Waals surface area contributed by atoms with Crippen molar-refractivity contribution in [2.24, 2.45) is 0 Å². The molecule has 3 nitrogen and oxygen atoms in total.